The van der Waals surface area contributed by atoms with Gasteiger partial charge in [0.1, 0.15) is 0 Å². The molecule has 1 aliphatic carbocycles. The van der Waals surface area contributed by atoms with Gasteiger partial charge in [0.2, 0.25) is 0 Å². The molecule has 0 aromatic carbocycles. The van der Waals surface area contributed by atoms with Crippen LogP contribution in [0.15, 0.2) is 0 Å². The molecule has 0 spiro atoms. The summed E-state index contributed by atoms with van der Waals surface area (Å²) in [5.41, 5.74) is 0.661. The molecule has 0 heterocycles. The normalized spacial score (nSPS) is 20.3. The summed E-state index contributed by atoms with van der Waals surface area (Å²) in [6, 6.07) is 0. The summed E-state index contributed by atoms with van der Waals surface area (Å²) < 4.78 is 0. The van der Waals surface area contributed by atoms with Crippen molar-refractivity contribution in [1.82, 2.24) is 0 Å². The van der Waals surface area contributed by atoms with E-state index in [1.807, 2.05) is 0 Å². The Bertz CT molecular complexity index is 88.2. The van der Waals surface area contributed by atoms with Crippen molar-refractivity contribution < 1.29 is 0 Å². The largest absolute Gasteiger partial charge is 0.0654 e. The van der Waals surface area contributed by atoms with Gasteiger partial charge < -0.3 is 0 Å². The molecule has 9 heavy (non-hydrogen) atoms. The zero-order valence-electron chi connectivity index (χ0n) is 6.91. The molecule has 1 fully saturated rings. The van der Waals surface area contributed by atoms with Crippen molar-refractivity contribution in [3.8, 4) is 0 Å². The van der Waals surface area contributed by atoms with E-state index in [2.05, 4.69) is 20.8 Å². The summed E-state index contributed by atoms with van der Waals surface area (Å²) in [7, 11) is 0. The summed E-state index contributed by atoms with van der Waals surface area (Å²) in [4.78, 5) is 0. The van der Waals surface area contributed by atoms with Gasteiger partial charge in [0.15, 0.2) is 0 Å². The SMILES string of the molecule is CCCC(C)(C)C1CC1. The van der Waals surface area contributed by atoms with Crippen LogP contribution < -0.4 is 0 Å². The number of rotatable bonds is 3. The van der Waals surface area contributed by atoms with Gasteiger partial charge in [-0.2, -0.15) is 0 Å². The lowest BCUT2D eigenvalue weighted by Crippen LogP contribution is -2.12. The lowest BCUT2D eigenvalue weighted by molar-refractivity contribution is 0.280. The Labute approximate surface area is 58.7 Å². The van der Waals surface area contributed by atoms with Gasteiger partial charge in [0, 0.05) is 0 Å². The molecule has 0 heteroatoms. The van der Waals surface area contributed by atoms with Crippen LogP contribution in [0.5, 0.6) is 0 Å². The topological polar surface area (TPSA) is 0 Å². The number of hydrogen-bond acceptors (Lipinski definition) is 0. The molecule has 0 unspecified atom stereocenters. The van der Waals surface area contributed by atoms with Crippen LogP contribution in [-0.4, -0.2) is 0 Å². The first-order chi connectivity index (χ1) is 4.17. The van der Waals surface area contributed by atoms with E-state index in [9.17, 15) is 0 Å². The molecule has 0 aromatic heterocycles. The van der Waals surface area contributed by atoms with Gasteiger partial charge in [-0.05, 0) is 30.6 Å². The highest BCUT2D eigenvalue weighted by Crippen LogP contribution is 2.47. The van der Waals surface area contributed by atoms with E-state index >= 15 is 0 Å². The van der Waals surface area contributed by atoms with Gasteiger partial charge in [-0.1, -0.05) is 27.2 Å². The van der Waals surface area contributed by atoms with E-state index in [4.69, 9.17) is 0 Å². The first-order valence-electron chi connectivity index (χ1n) is 4.17. The molecule has 54 valence electrons. The fourth-order valence-corrected chi connectivity index (χ4v) is 1.71. The van der Waals surface area contributed by atoms with Gasteiger partial charge in [-0.15, -0.1) is 0 Å². The average Bonchev–Trinajstić information content (AvgIpc) is 2.41. The standard InChI is InChI=1S/C9H18/c1-4-7-9(2,3)8-5-6-8/h8H,4-7H2,1-3H3. The highest BCUT2D eigenvalue weighted by Gasteiger charge is 2.36. The quantitative estimate of drug-likeness (QED) is 0.544. The van der Waals surface area contributed by atoms with Crippen molar-refractivity contribution in [2.75, 3.05) is 0 Å². The molecule has 0 nitrogen and oxygen atoms in total. The van der Waals surface area contributed by atoms with Crippen molar-refractivity contribution in [3.63, 3.8) is 0 Å². The van der Waals surface area contributed by atoms with Crippen LogP contribution in [0.3, 0.4) is 0 Å². The molecule has 0 saturated heterocycles. The Hall–Kier alpha value is 0. The second-order valence-corrected chi connectivity index (χ2v) is 4.01. The average molecular weight is 126 g/mol. The lowest BCUT2D eigenvalue weighted by Gasteiger charge is -2.22. The fraction of sp³-hybridized carbons (Fsp3) is 1.00. The van der Waals surface area contributed by atoms with Crippen LogP contribution in [0, 0.1) is 11.3 Å². The Morgan fingerprint density at radius 1 is 1.33 bits per heavy atom. The van der Waals surface area contributed by atoms with Crippen molar-refractivity contribution in [3.05, 3.63) is 0 Å². The highest BCUT2D eigenvalue weighted by molar-refractivity contribution is 4.87. The van der Waals surface area contributed by atoms with Gasteiger partial charge in [-0.3, -0.25) is 0 Å². The van der Waals surface area contributed by atoms with E-state index in [1.165, 1.54) is 25.7 Å². The summed E-state index contributed by atoms with van der Waals surface area (Å²) in [5, 5.41) is 0. The Morgan fingerprint density at radius 2 is 1.89 bits per heavy atom. The summed E-state index contributed by atoms with van der Waals surface area (Å²) >= 11 is 0. The maximum atomic E-state index is 2.41. The van der Waals surface area contributed by atoms with Crippen LogP contribution in [0.25, 0.3) is 0 Å². The molecule has 0 aromatic rings. The maximum absolute atomic E-state index is 2.41. The van der Waals surface area contributed by atoms with Gasteiger partial charge in [0.25, 0.3) is 0 Å². The second-order valence-electron chi connectivity index (χ2n) is 4.01. The van der Waals surface area contributed by atoms with Crippen LogP contribution in [0.4, 0.5) is 0 Å². The zero-order chi connectivity index (χ0) is 6.91. The minimum atomic E-state index is 0.661. The molecular formula is C9H18. The van der Waals surface area contributed by atoms with Crippen LogP contribution in [0.2, 0.25) is 0 Å². The molecule has 0 aliphatic heterocycles. The minimum absolute atomic E-state index is 0.661. The molecule has 1 rings (SSSR count). The monoisotopic (exact) mass is 126 g/mol. The lowest BCUT2D eigenvalue weighted by atomic mass is 9.83. The molecule has 1 aliphatic rings. The van der Waals surface area contributed by atoms with E-state index < -0.39 is 0 Å². The summed E-state index contributed by atoms with van der Waals surface area (Å²) in [5.74, 6) is 1.07. The molecular weight excluding hydrogens is 108 g/mol. The summed E-state index contributed by atoms with van der Waals surface area (Å²) in [6.45, 7) is 7.10. The van der Waals surface area contributed by atoms with E-state index in [-0.39, 0.29) is 0 Å². The number of hydrogen-bond donors (Lipinski definition) is 0. The van der Waals surface area contributed by atoms with Gasteiger partial charge in [0.05, 0.1) is 0 Å². The van der Waals surface area contributed by atoms with E-state index in [0.717, 1.165) is 5.92 Å². The first kappa shape index (κ1) is 7.11. The third-order valence-corrected chi connectivity index (χ3v) is 2.58. The second kappa shape index (κ2) is 2.32. The molecule has 1 saturated carbocycles. The zero-order valence-corrected chi connectivity index (χ0v) is 6.91. The van der Waals surface area contributed by atoms with Crippen molar-refractivity contribution in [2.45, 2.75) is 46.5 Å². The highest BCUT2D eigenvalue weighted by atomic mass is 14.4. The van der Waals surface area contributed by atoms with Gasteiger partial charge >= 0.3 is 0 Å². The van der Waals surface area contributed by atoms with Crippen molar-refractivity contribution >= 4 is 0 Å². The third-order valence-electron chi connectivity index (χ3n) is 2.58. The van der Waals surface area contributed by atoms with E-state index in [0.29, 0.717) is 5.41 Å². The third kappa shape index (κ3) is 1.70. The Kier molecular flexibility index (Phi) is 1.83. The Balaban J connectivity index is 2.30. The fourth-order valence-electron chi connectivity index (χ4n) is 1.71. The smallest absolute Gasteiger partial charge is 0.0326 e. The van der Waals surface area contributed by atoms with Crippen LogP contribution in [-0.2, 0) is 0 Å². The molecule has 0 amide bonds. The van der Waals surface area contributed by atoms with Gasteiger partial charge in [-0.25, -0.2) is 0 Å². The van der Waals surface area contributed by atoms with Crippen LogP contribution in [0.1, 0.15) is 46.5 Å². The Morgan fingerprint density at radius 3 is 2.22 bits per heavy atom. The molecule has 0 radical (unpaired) electrons. The van der Waals surface area contributed by atoms with E-state index in [1.54, 1.807) is 0 Å². The van der Waals surface area contributed by atoms with Crippen molar-refractivity contribution in [2.24, 2.45) is 11.3 Å². The predicted octanol–water partition coefficient (Wildman–Crippen LogP) is 3.22. The minimum Gasteiger partial charge on any atom is -0.0654 e. The molecule has 0 atom stereocenters. The van der Waals surface area contributed by atoms with Crippen LogP contribution >= 0.6 is 0 Å². The predicted molar refractivity (Wildman–Crippen MR) is 41.4 cm³/mol. The molecule has 0 bridgehead atoms. The first-order valence-corrected chi connectivity index (χ1v) is 4.17. The molecule has 0 N–H and O–H groups in total. The maximum Gasteiger partial charge on any atom is -0.0326 e. The van der Waals surface area contributed by atoms with Crippen molar-refractivity contribution in [1.29, 1.82) is 0 Å². The summed E-state index contributed by atoms with van der Waals surface area (Å²) in [6.07, 6.45) is 5.75.